The number of ether oxygens (including phenoxy) is 2. The van der Waals surface area contributed by atoms with Gasteiger partial charge in [0.15, 0.2) is 6.61 Å². The third-order valence-corrected chi connectivity index (χ3v) is 4.42. The van der Waals surface area contributed by atoms with Gasteiger partial charge in [-0.25, -0.2) is 4.79 Å². The van der Waals surface area contributed by atoms with Gasteiger partial charge in [-0.1, -0.05) is 29.8 Å². The Labute approximate surface area is 162 Å². The second-order valence-electron chi connectivity index (χ2n) is 5.58. The highest BCUT2D eigenvalue weighted by Crippen LogP contribution is 2.18. The number of para-hydroxylation sites is 1. The van der Waals surface area contributed by atoms with Crippen LogP contribution in [0.1, 0.15) is 22.8 Å². The smallest absolute Gasteiger partial charge is 0.340 e. The van der Waals surface area contributed by atoms with Crippen molar-refractivity contribution in [2.24, 2.45) is 0 Å². The quantitative estimate of drug-likeness (QED) is 0.552. The van der Waals surface area contributed by atoms with E-state index in [9.17, 15) is 14.4 Å². The molecular weight excluding hydrogens is 366 g/mol. The standard InChI is InChI=1S/C20H21NO5S/c1-3-25-20(24)16-6-4-5-7-17(16)21-18(22)12-26-19(23)13-27-15-10-8-14(2)9-11-15/h4-11H,3,12-13H2,1-2H3,(H,21,22). The van der Waals surface area contributed by atoms with Crippen molar-refractivity contribution >= 4 is 35.3 Å². The molecule has 2 aromatic rings. The number of hydrogen-bond donors (Lipinski definition) is 1. The van der Waals surface area contributed by atoms with Crippen molar-refractivity contribution in [3.8, 4) is 0 Å². The van der Waals surface area contributed by atoms with Gasteiger partial charge < -0.3 is 14.8 Å². The number of thioether (sulfide) groups is 1. The number of anilines is 1. The van der Waals surface area contributed by atoms with Crippen LogP contribution >= 0.6 is 11.8 Å². The molecule has 0 bridgehead atoms. The molecule has 2 aromatic carbocycles. The van der Waals surface area contributed by atoms with E-state index in [0.29, 0.717) is 5.69 Å². The van der Waals surface area contributed by atoms with Gasteiger partial charge in [0.25, 0.3) is 5.91 Å². The number of amides is 1. The van der Waals surface area contributed by atoms with E-state index in [2.05, 4.69) is 5.32 Å². The first-order valence-electron chi connectivity index (χ1n) is 8.40. The lowest BCUT2D eigenvalue weighted by Crippen LogP contribution is -2.23. The fourth-order valence-electron chi connectivity index (χ4n) is 2.13. The van der Waals surface area contributed by atoms with Crippen LogP contribution < -0.4 is 5.32 Å². The van der Waals surface area contributed by atoms with Crippen LogP contribution in [-0.2, 0) is 19.1 Å². The van der Waals surface area contributed by atoms with Crippen LogP contribution in [0, 0.1) is 6.92 Å². The van der Waals surface area contributed by atoms with Crippen molar-refractivity contribution in [3.63, 3.8) is 0 Å². The number of aryl methyl sites for hydroxylation is 1. The molecule has 2 rings (SSSR count). The van der Waals surface area contributed by atoms with Gasteiger partial charge in [0.2, 0.25) is 0 Å². The molecule has 0 spiro atoms. The van der Waals surface area contributed by atoms with Gasteiger partial charge in [0.05, 0.1) is 23.6 Å². The zero-order valence-electron chi connectivity index (χ0n) is 15.2. The molecular formula is C20H21NO5S. The Kier molecular flexibility index (Phi) is 7.88. The number of carbonyl (C=O) groups excluding carboxylic acids is 3. The molecule has 1 amide bonds. The number of rotatable bonds is 8. The molecule has 7 heteroatoms. The SMILES string of the molecule is CCOC(=O)c1ccccc1NC(=O)COC(=O)CSc1ccc(C)cc1. The maximum atomic E-state index is 12.0. The Bertz CT molecular complexity index is 804. The van der Waals surface area contributed by atoms with Crippen LogP contribution in [0.15, 0.2) is 53.4 Å². The lowest BCUT2D eigenvalue weighted by Gasteiger charge is -2.10. The van der Waals surface area contributed by atoms with Gasteiger partial charge in [-0.05, 0) is 38.1 Å². The zero-order valence-corrected chi connectivity index (χ0v) is 16.0. The van der Waals surface area contributed by atoms with E-state index in [0.717, 1.165) is 10.5 Å². The van der Waals surface area contributed by atoms with Gasteiger partial charge in [-0.15, -0.1) is 11.8 Å². The average Bonchev–Trinajstić information content (AvgIpc) is 2.66. The van der Waals surface area contributed by atoms with E-state index >= 15 is 0 Å². The van der Waals surface area contributed by atoms with Gasteiger partial charge in [0, 0.05) is 4.90 Å². The summed E-state index contributed by atoms with van der Waals surface area (Å²) >= 11 is 1.34. The summed E-state index contributed by atoms with van der Waals surface area (Å²) in [6.07, 6.45) is 0. The van der Waals surface area contributed by atoms with E-state index in [1.165, 1.54) is 11.8 Å². The minimum Gasteiger partial charge on any atom is -0.462 e. The number of esters is 2. The summed E-state index contributed by atoms with van der Waals surface area (Å²) in [4.78, 5) is 36.7. The van der Waals surface area contributed by atoms with Crippen LogP contribution in [0.25, 0.3) is 0 Å². The first kappa shape index (κ1) is 20.5. The Hall–Kier alpha value is -2.80. The van der Waals surface area contributed by atoms with E-state index in [4.69, 9.17) is 9.47 Å². The highest BCUT2D eigenvalue weighted by Gasteiger charge is 2.15. The molecule has 0 fully saturated rings. The normalized spacial score (nSPS) is 10.1. The van der Waals surface area contributed by atoms with Gasteiger partial charge in [-0.3, -0.25) is 9.59 Å². The van der Waals surface area contributed by atoms with Crippen molar-refractivity contribution < 1.29 is 23.9 Å². The molecule has 6 nitrogen and oxygen atoms in total. The van der Waals surface area contributed by atoms with Crippen LogP contribution in [0.2, 0.25) is 0 Å². The molecule has 1 N–H and O–H groups in total. The van der Waals surface area contributed by atoms with E-state index in [-0.39, 0.29) is 17.9 Å². The summed E-state index contributed by atoms with van der Waals surface area (Å²) in [6, 6.07) is 14.3. The van der Waals surface area contributed by atoms with Gasteiger partial charge >= 0.3 is 11.9 Å². The Morgan fingerprint density at radius 1 is 1.00 bits per heavy atom. The topological polar surface area (TPSA) is 81.7 Å². The molecule has 142 valence electrons. The number of hydrogen-bond acceptors (Lipinski definition) is 6. The first-order valence-corrected chi connectivity index (χ1v) is 9.39. The lowest BCUT2D eigenvalue weighted by atomic mass is 10.2. The monoisotopic (exact) mass is 387 g/mol. The zero-order chi connectivity index (χ0) is 19.6. The van der Waals surface area contributed by atoms with Crippen molar-refractivity contribution in [1.29, 1.82) is 0 Å². The van der Waals surface area contributed by atoms with Crippen LogP contribution in [-0.4, -0.2) is 36.8 Å². The maximum absolute atomic E-state index is 12.0. The third kappa shape index (κ3) is 6.79. The van der Waals surface area contributed by atoms with Crippen LogP contribution in [0.4, 0.5) is 5.69 Å². The second kappa shape index (κ2) is 10.4. The molecule has 0 unspecified atom stereocenters. The molecule has 0 radical (unpaired) electrons. The minimum atomic E-state index is -0.528. The fourth-order valence-corrected chi connectivity index (χ4v) is 2.83. The predicted molar refractivity (Wildman–Crippen MR) is 104 cm³/mol. The minimum absolute atomic E-state index is 0.107. The second-order valence-corrected chi connectivity index (χ2v) is 6.63. The number of carbonyl (C=O) groups is 3. The summed E-state index contributed by atoms with van der Waals surface area (Å²) in [5, 5.41) is 2.56. The average molecular weight is 387 g/mol. The number of benzene rings is 2. The Morgan fingerprint density at radius 3 is 2.41 bits per heavy atom. The van der Waals surface area contributed by atoms with Crippen molar-refractivity contribution in [3.05, 3.63) is 59.7 Å². The largest absolute Gasteiger partial charge is 0.462 e. The molecule has 0 saturated heterocycles. The molecule has 0 aliphatic carbocycles. The molecule has 27 heavy (non-hydrogen) atoms. The Morgan fingerprint density at radius 2 is 1.70 bits per heavy atom. The predicted octanol–water partition coefficient (Wildman–Crippen LogP) is 3.45. The lowest BCUT2D eigenvalue weighted by molar-refractivity contribution is -0.144. The number of nitrogens with one attached hydrogen (secondary N) is 1. The first-order chi connectivity index (χ1) is 13.0. The molecule has 0 aliphatic heterocycles. The van der Waals surface area contributed by atoms with Crippen molar-refractivity contribution in [1.82, 2.24) is 0 Å². The highest BCUT2D eigenvalue weighted by molar-refractivity contribution is 8.00. The molecule has 0 atom stereocenters. The summed E-state index contributed by atoms with van der Waals surface area (Å²) < 4.78 is 9.93. The van der Waals surface area contributed by atoms with Crippen LogP contribution in [0.5, 0.6) is 0 Å². The summed E-state index contributed by atoms with van der Waals surface area (Å²) in [5.41, 5.74) is 1.70. The van der Waals surface area contributed by atoms with Crippen molar-refractivity contribution in [2.75, 3.05) is 24.3 Å². The summed E-state index contributed by atoms with van der Waals surface area (Å²) in [6.45, 7) is 3.50. The van der Waals surface area contributed by atoms with Gasteiger partial charge in [-0.2, -0.15) is 0 Å². The van der Waals surface area contributed by atoms with Crippen LogP contribution in [0.3, 0.4) is 0 Å². The molecule has 0 aromatic heterocycles. The third-order valence-electron chi connectivity index (χ3n) is 3.44. The molecule has 0 aliphatic rings. The van der Waals surface area contributed by atoms with E-state index in [1.54, 1.807) is 31.2 Å². The molecule has 0 saturated carbocycles. The fraction of sp³-hybridized carbons (Fsp3) is 0.250. The van der Waals surface area contributed by atoms with Crippen molar-refractivity contribution in [2.45, 2.75) is 18.7 Å². The Balaban J connectivity index is 1.81. The van der Waals surface area contributed by atoms with Gasteiger partial charge in [0.1, 0.15) is 0 Å². The summed E-state index contributed by atoms with van der Waals surface area (Å²) in [7, 11) is 0. The van der Waals surface area contributed by atoms with E-state index < -0.39 is 24.5 Å². The molecule has 0 heterocycles. The maximum Gasteiger partial charge on any atom is 0.340 e. The summed E-state index contributed by atoms with van der Waals surface area (Å²) in [5.74, 6) is -1.44. The highest BCUT2D eigenvalue weighted by atomic mass is 32.2. The van der Waals surface area contributed by atoms with E-state index in [1.807, 2.05) is 31.2 Å².